The minimum atomic E-state index is -2.57. The molecule has 0 amide bonds. The summed E-state index contributed by atoms with van der Waals surface area (Å²) in [5.41, 5.74) is 3.13. The van der Waals surface area contributed by atoms with Gasteiger partial charge >= 0.3 is 0 Å². The number of benzene rings is 2. The first-order valence-electron chi connectivity index (χ1n) is 7.73. The lowest BCUT2D eigenvalue weighted by Gasteiger charge is -2.21. The van der Waals surface area contributed by atoms with E-state index in [0.717, 1.165) is 36.5 Å². The second-order valence-corrected chi connectivity index (χ2v) is 8.04. The van der Waals surface area contributed by atoms with Crippen molar-refractivity contribution in [1.82, 2.24) is 4.31 Å². The Morgan fingerprint density at radius 1 is 0.864 bits per heavy atom. The fourth-order valence-electron chi connectivity index (χ4n) is 2.66. The van der Waals surface area contributed by atoms with Gasteiger partial charge in [0.1, 0.15) is 9.92 Å². The molecule has 0 saturated carbocycles. The molecule has 1 atom stereocenters. The van der Waals surface area contributed by atoms with Crippen molar-refractivity contribution < 1.29 is 4.21 Å². The second kappa shape index (κ2) is 6.23. The highest BCUT2D eigenvalue weighted by Gasteiger charge is 2.25. The van der Waals surface area contributed by atoms with Crippen molar-refractivity contribution in [2.75, 3.05) is 13.1 Å². The number of hydrogen-bond donors (Lipinski definition) is 0. The summed E-state index contributed by atoms with van der Waals surface area (Å²) in [5.74, 6) is 0. The van der Waals surface area contributed by atoms with Gasteiger partial charge in [0.2, 0.25) is 0 Å². The normalized spacial score (nSPS) is 18.1. The SMILES string of the molecule is Cc1ccc(N=S(=O)(c2ccc(C)cc2)N2CCCC2)cc1. The van der Waals surface area contributed by atoms with Crippen molar-refractivity contribution in [2.24, 2.45) is 4.36 Å². The molecule has 3 rings (SSSR count). The maximum absolute atomic E-state index is 13.7. The van der Waals surface area contributed by atoms with Crippen molar-refractivity contribution in [3.8, 4) is 0 Å². The molecule has 2 aromatic rings. The Labute approximate surface area is 133 Å². The van der Waals surface area contributed by atoms with E-state index in [9.17, 15) is 4.21 Å². The molecule has 0 radical (unpaired) electrons. The summed E-state index contributed by atoms with van der Waals surface area (Å²) in [7, 11) is -2.57. The smallest absolute Gasteiger partial charge is 0.144 e. The first-order chi connectivity index (χ1) is 10.6. The summed E-state index contributed by atoms with van der Waals surface area (Å²) < 4.78 is 20.4. The highest BCUT2D eigenvalue weighted by molar-refractivity contribution is 7.91. The fourth-order valence-corrected chi connectivity index (χ4v) is 4.83. The van der Waals surface area contributed by atoms with Crippen LogP contribution in [0.4, 0.5) is 5.69 Å². The van der Waals surface area contributed by atoms with Crippen LogP contribution in [-0.4, -0.2) is 21.6 Å². The Morgan fingerprint density at radius 3 is 1.91 bits per heavy atom. The van der Waals surface area contributed by atoms with Crippen LogP contribution in [-0.2, 0) is 9.92 Å². The van der Waals surface area contributed by atoms with E-state index in [2.05, 4.69) is 4.36 Å². The van der Waals surface area contributed by atoms with E-state index in [-0.39, 0.29) is 0 Å². The highest BCUT2D eigenvalue weighted by Crippen LogP contribution is 2.27. The number of rotatable bonds is 3. The molecule has 1 aliphatic rings. The minimum Gasteiger partial charge on any atom is -0.228 e. The molecule has 2 aromatic carbocycles. The van der Waals surface area contributed by atoms with Gasteiger partial charge in [0.15, 0.2) is 0 Å². The monoisotopic (exact) mass is 314 g/mol. The van der Waals surface area contributed by atoms with Crippen molar-refractivity contribution in [1.29, 1.82) is 0 Å². The fraction of sp³-hybridized carbons (Fsp3) is 0.333. The van der Waals surface area contributed by atoms with Gasteiger partial charge in [0.05, 0.1) is 10.6 Å². The van der Waals surface area contributed by atoms with Gasteiger partial charge in [-0.1, -0.05) is 35.4 Å². The summed E-state index contributed by atoms with van der Waals surface area (Å²) >= 11 is 0. The van der Waals surface area contributed by atoms with E-state index in [0.29, 0.717) is 0 Å². The average molecular weight is 314 g/mol. The van der Waals surface area contributed by atoms with Crippen LogP contribution in [0, 0.1) is 13.8 Å². The molecule has 1 saturated heterocycles. The molecular weight excluding hydrogens is 292 g/mol. The molecule has 0 spiro atoms. The lowest BCUT2D eigenvalue weighted by atomic mass is 10.2. The molecule has 1 heterocycles. The third-order valence-corrected chi connectivity index (χ3v) is 6.42. The Kier molecular flexibility index (Phi) is 4.32. The summed E-state index contributed by atoms with van der Waals surface area (Å²) in [5, 5.41) is 0. The lowest BCUT2D eigenvalue weighted by molar-refractivity contribution is 0.527. The van der Waals surface area contributed by atoms with Gasteiger partial charge in [-0.05, 0) is 51.0 Å². The van der Waals surface area contributed by atoms with Crippen molar-refractivity contribution in [2.45, 2.75) is 31.6 Å². The molecular formula is C18H22N2OS. The number of aryl methyl sites for hydroxylation is 2. The van der Waals surface area contributed by atoms with E-state index in [1.165, 1.54) is 11.1 Å². The van der Waals surface area contributed by atoms with Crippen LogP contribution in [0.1, 0.15) is 24.0 Å². The van der Waals surface area contributed by atoms with Gasteiger partial charge < -0.3 is 0 Å². The maximum atomic E-state index is 13.7. The Balaban J connectivity index is 2.12. The topological polar surface area (TPSA) is 32.7 Å². The van der Waals surface area contributed by atoms with E-state index >= 15 is 0 Å². The zero-order valence-electron chi connectivity index (χ0n) is 13.2. The lowest BCUT2D eigenvalue weighted by Crippen LogP contribution is -2.27. The quantitative estimate of drug-likeness (QED) is 0.822. The van der Waals surface area contributed by atoms with Crippen LogP contribution in [0.2, 0.25) is 0 Å². The first kappa shape index (κ1) is 15.3. The van der Waals surface area contributed by atoms with Gasteiger partial charge in [0.25, 0.3) is 0 Å². The van der Waals surface area contributed by atoms with Gasteiger partial charge in [-0.25, -0.2) is 8.51 Å². The largest absolute Gasteiger partial charge is 0.228 e. The average Bonchev–Trinajstić information content (AvgIpc) is 3.05. The predicted molar refractivity (Wildman–Crippen MR) is 91.7 cm³/mol. The first-order valence-corrected chi connectivity index (χ1v) is 9.21. The Morgan fingerprint density at radius 2 is 1.36 bits per heavy atom. The number of nitrogens with zero attached hydrogens (tertiary/aromatic N) is 2. The third kappa shape index (κ3) is 3.08. The molecule has 116 valence electrons. The van der Waals surface area contributed by atoms with Crippen molar-refractivity contribution in [3.63, 3.8) is 0 Å². The maximum Gasteiger partial charge on any atom is 0.144 e. The van der Waals surface area contributed by atoms with Crippen molar-refractivity contribution in [3.05, 3.63) is 59.7 Å². The molecule has 3 nitrogen and oxygen atoms in total. The van der Waals surface area contributed by atoms with Crippen LogP contribution < -0.4 is 0 Å². The van der Waals surface area contributed by atoms with Crippen LogP contribution >= 0.6 is 0 Å². The van der Waals surface area contributed by atoms with Crippen molar-refractivity contribution >= 4 is 15.6 Å². The zero-order valence-corrected chi connectivity index (χ0v) is 14.0. The molecule has 22 heavy (non-hydrogen) atoms. The summed E-state index contributed by atoms with van der Waals surface area (Å²) in [4.78, 5) is 0.806. The second-order valence-electron chi connectivity index (χ2n) is 5.87. The molecule has 0 N–H and O–H groups in total. The van der Waals surface area contributed by atoms with Gasteiger partial charge in [-0.3, -0.25) is 0 Å². The summed E-state index contributed by atoms with van der Waals surface area (Å²) in [6, 6.07) is 15.8. The van der Waals surface area contributed by atoms with Gasteiger partial charge in [-0.2, -0.15) is 4.36 Å². The van der Waals surface area contributed by atoms with Crippen LogP contribution in [0.15, 0.2) is 57.8 Å². The van der Waals surface area contributed by atoms with Gasteiger partial charge in [0, 0.05) is 13.1 Å². The van der Waals surface area contributed by atoms with E-state index in [1.54, 1.807) is 0 Å². The molecule has 4 heteroatoms. The number of hydrogen-bond acceptors (Lipinski definition) is 2. The molecule has 1 fully saturated rings. The molecule has 0 aliphatic carbocycles. The van der Waals surface area contributed by atoms with E-state index in [4.69, 9.17) is 0 Å². The van der Waals surface area contributed by atoms with Crippen LogP contribution in [0.5, 0.6) is 0 Å². The third-order valence-electron chi connectivity index (χ3n) is 4.01. The summed E-state index contributed by atoms with van der Waals surface area (Å²) in [6.07, 6.45) is 2.18. The summed E-state index contributed by atoms with van der Waals surface area (Å²) in [6.45, 7) is 5.78. The van der Waals surface area contributed by atoms with E-state index in [1.807, 2.05) is 66.7 Å². The Hall–Kier alpha value is -1.65. The Bertz CT molecular complexity index is 751. The minimum absolute atomic E-state index is 0.781. The molecule has 1 aliphatic heterocycles. The van der Waals surface area contributed by atoms with E-state index < -0.39 is 9.92 Å². The van der Waals surface area contributed by atoms with Crippen LogP contribution in [0.3, 0.4) is 0 Å². The molecule has 1 unspecified atom stereocenters. The molecule has 0 aromatic heterocycles. The predicted octanol–water partition coefficient (Wildman–Crippen LogP) is 4.47. The van der Waals surface area contributed by atoms with Gasteiger partial charge in [-0.15, -0.1) is 0 Å². The van der Waals surface area contributed by atoms with Crippen LogP contribution in [0.25, 0.3) is 0 Å². The standard InChI is InChI=1S/C18H22N2OS/c1-15-5-9-17(10-6-15)19-22(21,20-13-3-4-14-20)18-11-7-16(2)8-12-18/h5-12H,3-4,13-14H2,1-2H3. The molecule has 0 bridgehead atoms. The highest BCUT2D eigenvalue weighted by atomic mass is 32.2. The zero-order chi connectivity index (χ0) is 15.6.